The van der Waals surface area contributed by atoms with Gasteiger partial charge in [-0.1, -0.05) is 0 Å². The van der Waals surface area contributed by atoms with Crippen molar-refractivity contribution in [2.24, 2.45) is 0 Å². The van der Waals surface area contributed by atoms with Crippen molar-refractivity contribution in [1.29, 1.82) is 0 Å². The van der Waals surface area contributed by atoms with Crippen LogP contribution in [0.25, 0.3) is 22.2 Å². The maximum Gasteiger partial charge on any atom is 0.254 e. The number of fused-ring (bicyclic) bond motifs is 1. The second-order valence-corrected chi connectivity index (χ2v) is 7.41. The molecule has 2 aromatic heterocycles. The van der Waals surface area contributed by atoms with Crippen molar-refractivity contribution in [2.45, 2.75) is 19.9 Å². The third kappa shape index (κ3) is 3.78. The molecule has 152 valence electrons. The summed E-state index contributed by atoms with van der Waals surface area (Å²) >= 11 is 0. The van der Waals surface area contributed by atoms with E-state index in [-0.39, 0.29) is 11.9 Å². The lowest BCUT2D eigenvalue weighted by Gasteiger charge is -2.27. The molecule has 1 aliphatic heterocycles. The van der Waals surface area contributed by atoms with Crippen LogP contribution in [-0.4, -0.2) is 60.2 Å². The van der Waals surface area contributed by atoms with Gasteiger partial charge in [-0.05, 0) is 38.1 Å². The number of hydrogen-bond acceptors (Lipinski definition) is 5. The van der Waals surface area contributed by atoms with Crippen LogP contribution < -0.4 is 10.1 Å². The van der Waals surface area contributed by atoms with E-state index in [1.165, 1.54) is 0 Å². The Morgan fingerprint density at radius 3 is 2.76 bits per heavy atom. The van der Waals surface area contributed by atoms with Crippen molar-refractivity contribution in [1.82, 2.24) is 14.9 Å². The summed E-state index contributed by atoms with van der Waals surface area (Å²) < 4.78 is 11.0. The maximum atomic E-state index is 12.9. The highest BCUT2D eigenvalue weighted by molar-refractivity contribution is 6.00. The predicted octanol–water partition coefficient (Wildman–Crippen LogP) is 3.53. The summed E-state index contributed by atoms with van der Waals surface area (Å²) in [4.78, 5) is 22.4. The van der Waals surface area contributed by atoms with E-state index in [0.29, 0.717) is 37.6 Å². The molecule has 1 aromatic carbocycles. The highest BCUT2D eigenvalue weighted by Gasteiger charge is 2.21. The molecular formula is C22H26N4O3. The maximum absolute atomic E-state index is 12.9. The molecule has 3 heterocycles. The van der Waals surface area contributed by atoms with Crippen LogP contribution in [0.5, 0.6) is 5.75 Å². The summed E-state index contributed by atoms with van der Waals surface area (Å²) in [5.41, 5.74) is 4.27. The number of aromatic amines is 1. The van der Waals surface area contributed by atoms with Crippen molar-refractivity contribution < 1.29 is 14.3 Å². The largest absolute Gasteiger partial charge is 0.496 e. The van der Waals surface area contributed by atoms with Gasteiger partial charge in [-0.25, -0.2) is 4.98 Å². The van der Waals surface area contributed by atoms with Gasteiger partial charge in [0.1, 0.15) is 11.4 Å². The zero-order valence-corrected chi connectivity index (χ0v) is 17.0. The van der Waals surface area contributed by atoms with Crippen molar-refractivity contribution in [3.05, 3.63) is 42.2 Å². The number of rotatable bonds is 5. The second kappa shape index (κ2) is 8.13. The lowest BCUT2D eigenvalue weighted by Crippen LogP contribution is -2.40. The Bertz CT molecular complexity index is 1020. The molecule has 0 bridgehead atoms. The molecular weight excluding hydrogens is 368 g/mol. The van der Waals surface area contributed by atoms with Crippen LogP contribution in [0.15, 0.2) is 36.7 Å². The van der Waals surface area contributed by atoms with E-state index >= 15 is 0 Å². The van der Waals surface area contributed by atoms with Gasteiger partial charge in [0.15, 0.2) is 0 Å². The molecule has 3 aromatic rings. The first-order valence-corrected chi connectivity index (χ1v) is 9.86. The van der Waals surface area contributed by atoms with Gasteiger partial charge in [-0.3, -0.25) is 4.79 Å². The molecule has 0 atom stereocenters. The van der Waals surface area contributed by atoms with E-state index < -0.39 is 0 Å². The molecule has 4 rings (SSSR count). The van der Waals surface area contributed by atoms with E-state index in [1.807, 2.05) is 41.6 Å². The quantitative estimate of drug-likeness (QED) is 0.692. The Morgan fingerprint density at radius 2 is 2.03 bits per heavy atom. The normalized spacial score (nSPS) is 14.4. The Kier molecular flexibility index (Phi) is 5.40. The van der Waals surface area contributed by atoms with Crippen molar-refractivity contribution in [2.75, 3.05) is 38.7 Å². The zero-order chi connectivity index (χ0) is 20.4. The fourth-order valence-electron chi connectivity index (χ4n) is 3.65. The van der Waals surface area contributed by atoms with E-state index in [2.05, 4.69) is 29.1 Å². The number of nitrogens with zero attached hydrogens (tertiary/aromatic N) is 2. The molecule has 7 nitrogen and oxygen atoms in total. The Labute approximate surface area is 170 Å². The summed E-state index contributed by atoms with van der Waals surface area (Å²) in [7, 11) is 1.62. The van der Waals surface area contributed by atoms with Gasteiger partial charge >= 0.3 is 0 Å². The molecule has 1 aliphatic rings. The smallest absolute Gasteiger partial charge is 0.254 e. The monoisotopic (exact) mass is 394 g/mol. The number of hydrogen-bond donors (Lipinski definition) is 2. The van der Waals surface area contributed by atoms with Gasteiger partial charge in [0.05, 0.1) is 26.0 Å². The summed E-state index contributed by atoms with van der Waals surface area (Å²) in [5, 5.41) is 4.56. The molecule has 0 aliphatic carbocycles. The fraction of sp³-hybridized carbons (Fsp3) is 0.364. The first-order valence-electron chi connectivity index (χ1n) is 9.86. The molecule has 7 heteroatoms. The van der Waals surface area contributed by atoms with Gasteiger partial charge in [0.25, 0.3) is 5.91 Å². The number of H-pyrrole nitrogens is 1. The van der Waals surface area contributed by atoms with Gasteiger partial charge in [-0.15, -0.1) is 0 Å². The second-order valence-electron chi connectivity index (χ2n) is 7.41. The summed E-state index contributed by atoms with van der Waals surface area (Å²) in [5.74, 6) is 0.644. The minimum atomic E-state index is -0.00195. The van der Waals surface area contributed by atoms with Crippen LogP contribution in [-0.2, 0) is 4.74 Å². The number of carbonyl (C=O) groups is 1. The molecule has 0 saturated carbocycles. The number of ether oxygens (including phenoxy) is 2. The number of carbonyl (C=O) groups excluding carboxylic acids is 1. The molecule has 1 saturated heterocycles. The Hall–Kier alpha value is -3.06. The third-order valence-corrected chi connectivity index (χ3v) is 5.06. The van der Waals surface area contributed by atoms with Crippen LogP contribution in [0, 0.1) is 0 Å². The van der Waals surface area contributed by atoms with Gasteiger partial charge in [0, 0.05) is 53.6 Å². The first kappa shape index (κ1) is 19.3. The van der Waals surface area contributed by atoms with E-state index in [9.17, 15) is 4.79 Å². The van der Waals surface area contributed by atoms with Crippen molar-refractivity contribution in [3.8, 4) is 16.9 Å². The number of methoxy groups -OCH3 is 1. The standard InChI is InChI=1S/C22H26N4O3/c1-14(2)25-20-17-6-7-23-21(17)24-13-18(20)16-5-4-15(12-19(16)28-3)22(27)26-8-10-29-11-9-26/h4-7,12-14H,8-11H2,1-3H3,(H2,23,24,25). The number of aromatic nitrogens is 2. The fourth-order valence-corrected chi connectivity index (χ4v) is 3.65. The molecule has 0 spiro atoms. The molecule has 29 heavy (non-hydrogen) atoms. The van der Waals surface area contributed by atoms with Crippen LogP contribution in [0.4, 0.5) is 5.69 Å². The lowest BCUT2D eigenvalue weighted by molar-refractivity contribution is 0.0302. The predicted molar refractivity (Wildman–Crippen MR) is 114 cm³/mol. The average molecular weight is 394 g/mol. The topological polar surface area (TPSA) is 79.5 Å². The highest BCUT2D eigenvalue weighted by atomic mass is 16.5. The van der Waals surface area contributed by atoms with Gasteiger partial charge in [0.2, 0.25) is 0 Å². The molecule has 1 fully saturated rings. The van der Waals surface area contributed by atoms with Crippen LogP contribution in [0.2, 0.25) is 0 Å². The summed E-state index contributed by atoms with van der Waals surface area (Å²) in [6, 6.07) is 7.87. The number of amides is 1. The van der Waals surface area contributed by atoms with Crippen LogP contribution in [0.3, 0.4) is 0 Å². The minimum absolute atomic E-state index is 0.00195. The zero-order valence-electron chi connectivity index (χ0n) is 17.0. The van der Waals surface area contributed by atoms with E-state index in [4.69, 9.17) is 9.47 Å². The van der Waals surface area contributed by atoms with E-state index in [0.717, 1.165) is 27.8 Å². The first-order chi connectivity index (χ1) is 14.1. The Balaban J connectivity index is 1.76. The van der Waals surface area contributed by atoms with Crippen LogP contribution in [0.1, 0.15) is 24.2 Å². The van der Waals surface area contributed by atoms with Gasteiger partial charge < -0.3 is 24.7 Å². The number of pyridine rings is 1. The van der Waals surface area contributed by atoms with Crippen molar-refractivity contribution >= 4 is 22.6 Å². The number of nitrogens with one attached hydrogen (secondary N) is 2. The SMILES string of the molecule is COc1cc(C(=O)N2CCOCC2)ccc1-c1cnc2[nH]ccc2c1NC(C)C. The van der Waals surface area contributed by atoms with Crippen LogP contribution >= 0.6 is 0 Å². The lowest BCUT2D eigenvalue weighted by atomic mass is 10.00. The molecule has 1 amide bonds. The molecule has 0 radical (unpaired) electrons. The summed E-state index contributed by atoms with van der Waals surface area (Å²) in [6.45, 7) is 6.58. The van der Waals surface area contributed by atoms with Crippen molar-refractivity contribution in [3.63, 3.8) is 0 Å². The molecule has 0 unspecified atom stereocenters. The molecule has 2 N–H and O–H groups in total. The number of morpholine rings is 1. The number of anilines is 1. The minimum Gasteiger partial charge on any atom is -0.496 e. The average Bonchev–Trinajstić information content (AvgIpc) is 3.23. The summed E-state index contributed by atoms with van der Waals surface area (Å²) in [6.07, 6.45) is 3.72. The third-order valence-electron chi connectivity index (χ3n) is 5.06. The Morgan fingerprint density at radius 1 is 1.24 bits per heavy atom. The van der Waals surface area contributed by atoms with E-state index in [1.54, 1.807) is 7.11 Å². The number of benzene rings is 1. The highest BCUT2D eigenvalue weighted by Crippen LogP contribution is 2.39. The van der Waals surface area contributed by atoms with Gasteiger partial charge in [-0.2, -0.15) is 0 Å².